The lowest BCUT2D eigenvalue weighted by molar-refractivity contribution is -0.123. The first-order valence-electron chi connectivity index (χ1n) is 8.73. The highest BCUT2D eigenvalue weighted by Gasteiger charge is 2.30. The van der Waals surface area contributed by atoms with Gasteiger partial charge in [-0.05, 0) is 50.7 Å². The minimum Gasteiger partial charge on any atom is -0.351 e. The standard InChI is InChI=1S/C19H25N3O2/c1-14-7-10-19(2,11-8-14)21-18(24)9-12-22-16-6-4-3-5-15(16)17(23)13-20-22/h3-6,13-14H,7-12H2,1-2H3,(H,21,24). The van der Waals surface area contributed by atoms with Crippen molar-refractivity contribution in [3.63, 3.8) is 0 Å². The van der Waals surface area contributed by atoms with E-state index in [1.165, 1.54) is 19.0 Å². The zero-order chi connectivity index (χ0) is 17.2. The molecule has 1 amide bonds. The molecule has 1 aromatic heterocycles. The highest BCUT2D eigenvalue weighted by molar-refractivity contribution is 5.79. The van der Waals surface area contributed by atoms with Crippen LogP contribution in [0.15, 0.2) is 35.3 Å². The molecule has 1 saturated carbocycles. The molecule has 1 aliphatic rings. The SMILES string of the molecule is CC1CCC(C)(NC(=O)CCn2ncc(=O)c3ccccc32)CC1. The Kier molecular flexibility index (Phi) is 4.69. The van der Waals surface area contributed by atoms with Crippen molar-refractivity contribution in [1.29, 1.82) is 0 Å². The molecule has 0 unspecified atom stereocenters. The largest absolute Gasteiger partial charge is 0.351 e. The number of nitrogens with zero attached hydrogens (tertiary/aromatic N) is 2. The van der Waals surface area contributed by atoms with E-state index in [4.69, 9.17) is 0 Å². The van der Waals surface area contributed by atoms with Gasteiger partial charge in [0.05, 0.1) is 18.3 Å². The maximum Gasteiger partial charge on any atom is 0.222 e. The smallest absolute Gasteiger partial charge is 0.222 e. The van der Waals surface area contributed by atoms with Crippen LogP contribution in [0.5, 0.6) is 0 Å². The first-order chi connectivity index (χ1) is 11.5. The Morgan fingerprint density at radius 1 is 1.33 bits per heavy atom. The third-order valence-corrected chi connectivity index (χ3v) is 5.13. The number of rotatable bonds is 4. The molecule has 1 heterocycles. The van der Waals surface area contributed by atoms with Crippen LogP contribution < -0.4 is 10.7 Å². The summed E-state index contributed by atoms with van der Waals surface area (Å²) in [6.45, 7) is 4.89. The predicted molar refractivity (Wildman–Crippen MR) is 94.8 cm³/mol. The molecule has 24 heavy (non-hydrogen) atoms. The average molecular weight is 327 g/mol. The second-order valence-corrected chi connectivity index (χ2v) is 7.29. The van der Waals surface area contributed by atoms with Crippen molar-refractivity contribution in [2.75, 3.05) is 0 Å². The number of para-hydroxylation sites is 1. The lowest BCUT2D eigenvalue weighted by atomic mass is 9.78. The number of hydrogen-bond acceptors (Lipinski definition) is 3. The minimum absolute atomic E-state index is 0.0524. The number of carbonyl (C=O) groups excluding carboxylic acids is 1. The highest BCUT2D eigenvalue weighted by atomic mass is 16.1. The van der Waals surface area contributed by atoms with Crippen molar-refractivity contribution in [1.82, 2.24) is 15.1 Å². The van der Waals surface area contributed by atoms with Gasteiger partial charge in [0.1, 0.15) is 0 Å². The van der Waals surface area contributed by atoms with Crippen LogP contribution in [0.1, 0.15) is 46.0 Å². The maximum atomic E-state index is 12.4. The molecule has 5 heteroatoms. The number of aryl methyl sites for hydroxylation is 1. The molecule has 1 fully saturated rings. The summed E-state index contributed by atoms with van der Waals surface area (Å²) in [5, 5.41) is 8.02. The van der Waals surface area contributed by atoms with Gasteiger partial charge in [-0.25, -0.2) is 0 Å². The van der Waals surface area contributed by atoms with Crippen LogP contribution in [0, 0.1) is 5.92 Å². The van der Waals surface area contributed by atoms with Crippen molar-refractivity contribution in [3.05, 3.63) is 40.7 Å². The van der Waals surface area contributed by atoms with Crippen molar-refractivity contribution in [3.8, 4) is 0 Å². The molecule has 2 aromatic rings. The van der Waals surface area contributed by atoms with Gasteiger partial charge in [0.15, 0.2) is 0 Å². The summed E-state index contributed by atoms with van der Waals surface area (Å²) in [4.78, 5) is 24.2. The number of aromatic nitrogens is 2. The number of hydrogen-bond donors (Lipinski definition) is 1. The Labute approximate surface area is 142 Å². The van der Waals surface area contributed by atoms with E-state index in [9.17, 15) is 9.59 Å². The topological polar surface area (TPSA) is 64.0 Å². The quantitative estimate of drug-likeness (QED) is 0.939. The number of carbonyl (C=O) groups is 1. The Morgan fingerprint density at radius 3 is 2.79 bits per heavy atom. The van der Waals surface area contributed by atoms with Gasteiger partial charge in [0.25, 0.3) is 0 Å². The Hall–Kier alpha value is -2.17. The third-order valence-electron chi connectivity index (χ3n) is 5.13. The summed E-state index contributed by atoms with van der Waals surface area (Å²) in [7, 11) is 0. The zero-order valence-corrected chi connectivity index (χ0v) is 14.4. The van der Waals surface area contributed by atoms with Crippen molar-refractivity contribution in [2.45, 2.75) is 58.0 Å². The van der Waals surface area contributed by atoms with Crippen LogP contribution in [0.4, 0.5) is 0 Å². The van der Waals surface area contributed by atoms with Crippen LogP contribution in [-0.4, -0.2) is 21.2 Å². The third kappa shape index (κ3) is 3.66. The minimum atomic E-state index is -0.0878. The predicted octanol–water partition coefficient (Wildman–Crippen LogP) is 2.87. The second kappa shape index (κ2) is 6.75. The summed E-state index contributed by atoms with van der Waals surface area (Å²) in [6.07, 6.45) is 6.11. The summed E-state index contributed by atoms with van der Waals surface area (Å²) in [5.41, 5.74) is 0.605. The van der Waals surface area contributed by atoms with Crippen molar-refractivity contribution >= 4 is 16.8 Å². The second-order valence-electron chi connectivity index (χ2n) is 7.29. The number of amides is 1. The molecular weight excluding hydrogens is 302 g/mol. The van der Waals surface area contributed by atoms with Crippen LogP contribution in [-0.2, 0) is 11.3 Å². The molecule has 3 rings (SSSR count). The van der Waals surface area contributed by atoms with Gasteiger partial charge in [-0.2, -0.15) is 5.10 Å². The van der Waals surface area contributed by atoms with Crippen molar-refractivity contribution < 1.29 is 4.79 Å². The molecule has 5 nitrogen and oxygen atoms in total. The number of fused-ring (bicyclic) bond motifs is 1. The molecule has 1 aromatic carbocycles. The van der Waals surface area contributed by atoms with Gasteiger partial charge in [0.2, 0.25) is 11.3 Å². The molecule has 1 N–H and O–H groups in total. The highest BCUT2D eigenvalue weighted by Crippen LogP contribution is 2.31. The van der Waals surface area contributed by atoms with Crippen LogP contribution in [0.2, 0.25) is 0 Å². The molecular formula is C19H25N3O2. The fourth-order valence-electron chi connectivity index (χ4n) is 3.47. The molecule has 1 aliphatic carbocycles. The Balaban J connectivity index is 1.65. The first-order valence-corrected chi connectivity index (χ1v) is 8.73. The summed E-state index contributed by atoms with van der Waals surface area (Å²) < 4.78 is 1.74. The van der Waals surface area contributed by atoms with E-state index in [0.717, 1.165) is 24.3 Å². The monoisotopic (exact) mass is 327 g/mol. The molecule has 128 valence electrons. The average Bonchev–Trinajstić information content (AvgIpc) is 2.57. The summed E-state index contributed by atoms with van der Waals surface area (Å²) in [5.74, 6) is 0.809. The van der Waals surface area contributed by atoms with E-state index in [1.807, 2.05) is 18.2 Å². The molecule has 0 bridgehead atoms. The van der Waals surface area contributed by atoms with E-state index >= 15 is 0 Å². The molecule has 0 radical (unpaired) electrons. The number of nitrogens with one attached hydrogen (secondary N) is 1. The van der Waals surface area contributed by atoms with E-state index in [-0.39, 0.29) is 16.9 Å². The fourth-order valence-corrected chi connectivity index (χ4v) is 3.47. The lowest BCUT2D eigenvalue weighted by Crippen LogP contribution is -2.48. The molecule has 0 aliphatic heterocycles. The number of benzene rings is 1. The van der Waals surface area contributed by atoms with Crippen molar-refractivity contribution in [2.24, 2.45) is 5.92 Å². The molecule has 0 saturated heterocycles. The van der Waals surface area contributed by atoms with Gasteiger partial charge >= 0.3 is 0 Å². The molecule has 0 atom stereocenters. The van der Waals surface area contributed by atoms with Gasteiger partial charge in [0, 0.05) is 17.3 Å². The Bertz CT molecular complexity index is 789. The summed E-state index contributed by atoms with van der Waals surface area (Å²) in [6, 6.07) is 7.38. The van der Waals surface area contributed by atoms with Gasteiger partial charge in [-0.1, -0.05) is 19.1 Å². The lowest BCUT2D eigenvalue weighted by Gasteiger charge is -2.37. The van der Waals surface area contributed by atoms with Gasteiger partial charge < -0.3 is 5.32 Å². The molecule has 0 spiro atoms. The van der Waals surface area contributed by atoms with E-state index in [2.05, 4.69) is 24.3 Å². The Morgan fingerprint density at radius 2 is 2.04 bits per heavy atom. The van der Waals surface area contributed by atoms with Crippen LogP contribution in [0.3, 0.4) is 0 Å². The van der Waals surface area contributed by atoms with E-state index in [0.29, 0.717) is 18.4 Å². The zero-order valence-electron chi connectivity index (χ0n) is 14.4. The van der Waals surface area contributed by atoms with E-state index < -0.39 is 0 Å². The fraction of sp³-hybridized carbons (Fsp3) is 0.526. The van der Waals surface area contributed by atoms with E-state index in [1.54, 1.807) is 10.7 Å². The summed E-state index contributed by atoms with van der Waals surface area (Å²) >= 11 is 0. The van der Waals surface area contributed by atoms with Gasteiger partial charge in [-0.3, -0.25) is 14.3 Å². The normalized spacial score (nSPS) is 24.0. The first kappa shape index (κ1) is 16.7. The van der Waals surface area contributed by atoms with Gasteiger partial charge in [-0.15, -0.1) is 0 Å². The van der Waals surface area contributed by atoms with Crippen LogP contribution in [0.25, 0.3) is 10.9 Å². The maximum absolute atomic E-state index is 12.4. The van der Waals surface area contributed by atoms with Crippen LogP contribution >= 0.6 is 0 Å².